The number of nitrogens with zero attached hydrogens (tertiary/aromatic N) is 2. The number of hydrogen-bond donors (Lipinski definition) is 2. The fourth-order valence-electron chi connectivity index (χ4n) is 3.18. The number of carbonyl (C=O) groups excluding carboxylic acids is 2. The standard InChI is InChI=1S/C16H20N4O3S/c1-9-12-15(24-13(9)14(17)22)18-8-20(16(12)23)7-11(21)19-10-5-3-2-4-6-10/h8,10H,2-7H2,1H3,(H2,17,22)(H,19,21). The summed E-state index contributed by atoms with van der Waals surface area (Å²) in [6.07, 6.45) is 6.80. The van der Waals surface area contributed by atoms with Crippen molar-refractivity contribution in [3.63, 3.8) is 0 Å². The Bertz CT molecular complexity index is 849. The summed E-state index contributed by atoms with van der Waals surface area (Å²) < 4.78 is 1.28. The molecule has 0 bridgehead atoms. The topological polar surface area (TPSA) is 107 Å². The Morgan fingerprint density at radius 3 is 2.75 bits per heavy atom. The van der Waals surface area contributed by atoms with Crippen LogP contribution < -0.4 is 16.6 Å². The largest absolute Gasteiger partial charge is 0.365 e. The van der Waals surface area contributed by atoms with E-state index in [-0.39, 0.29) is 24.1 Å². The van der Waals surface area contributed by atoms with E-state index in [1.807, 2.05) is 0 Å². The number of fused-ring (bicyclic) bond motifs is 1. The lowest BCUT2D eigenvalue weighted by atomic mass is 9.95. The van der Waals surface area contributed by atoms with E-state index in [2.05, 4.69) is 10.3 Å². The molecular weight excluding hydrogens is 328 g/mol. The lowest BCUT2D eigenvalue weighted by molar-refractivity contribution is -0.122. The molecule has 2 amide bonds. The highest BCUT2D eigenvalue weighted by Gasteiger charge is 2.19. The van der Waals surface area contributed by atoms with E-state index in [1.54, 1.807) is 6.92 Å². The molecule has 128 valence electrons. The minimum atomic E-state index is -0.573. The fourth-order valence-corrected chi connectivity index (χ4v) is 4.17. The van der Waals surface area contributed by atoms with Gasteiger partial charge in [-0.15, -0.1) is 11.3 Å². The van der Waals surface area contributed by atoms with Gasteiger partial charge in [-0.3, -0.25) is 19.0 Å². The molecule has 2 aromatic heterocycles. The van der Waals surface area contributed by atoms with E-state index in [0.717, 1.165) is 37.0 Å². The van der Waals surface area contributed by atoms with Crippen molar-refractivity contribution in [3.8, 4) is 0 Å². The number of carbonyl (C=O) groups is 2. The third kappa shape index (κ3) is 3.19. The molecule has 2 aromatic rings. The molecule has 1 fully saturated rings. The summed E-state index contributed by atoms with van der Waals surface area (Å²) in [6, 6.07) is 0.197. The first-order valence-corrected chi connectivity index (χ1v) is 8.86. The van der Waals surface area contributed by atoms with Gasteiger partial charge in [-0.05, 0) is 25.3 Å². The Kier molecular flexibility index (Phi) is 4.66. The molecule has 0 unspecified atom stereocenters. The van der Waals surface area contributed by atoms with Crippen molar-refractivity contribution in [1.82, 2.24) is 14.9 Å². The number of thiophene rings is 1. The van der Waals surface area contributed by atoms with Crippen LogP contribution in [0.15, 0.2) is 11.1 Å². The van der Waals surface area contributed by atoms with Crippen LogP contribution in [0.5, 0.6) is 0 Å². The highest BCUT2D eigenvalue weighted by atomic mass is 32.1. The van der Waals surface area contributed by atoms with Gasteiger partial charge >= 0.3 is 0 Å². The van der Waals surface area contributed by atoms with Gasteiger partial charge in [0.05, 0.1) is 16.6 Å². The first-order chi connectivity index (χ1) is 11.5. The molecule has 1 saturated carbocycles. The minimum Gasteiger partial charge on any atom is -0.365 e. The van der Waals surface area contributed by atoms with Gasteiger partial charge < -0.3 is 11.1 Å². The molecule has 0 atom stereocenters. The number of rotatable bonds is 4. The number of amides is 2. The van der Waals surface area contributed by atoms with Crippen LogP contribution >= 0.6 is 11.3 Å². The zero-order valence-corrected chi connectivity index (χ0v) is 14.3. The van der Waals surface area contributed by atoms with Crippen LogP contribution in [0.3, 0.4) is 0 Å². The van der Waals surface area contributed by atoms with Gasteiger partial charge in [0.1, 0.15) is 11.4 Å². The monoisotopic (exact) mass is 348 g/mol. The van der Waals surface area contributed by atoms with Crippen molar-refractivity contribution < 1.29 is 9.59 Å². The van der Waals surface area contributed by atoms with E-state index in [4.69, 9.17) is 5.73 Å². The molecule has 0 aliphatic heterocycles. The zero-order chi connectivity index (χ0) is 17.3. The molecule has 1 aliphatic carbocycles. The lowest BCUT2D eigenvalue weighted by Crippen LogP contribution is -2.39. The van der Waals surface area contributed by atoms with Gasteiger partial charge in [-0.2, -0.15) is 0 Å². The first kappa shape index (κ1) is 16.6. The SMILES string of the molecule is Cc1c(C(N)=O)sc2ncn(CC(=O)NC3CCCCC3)c(=O)c12. The smallest absolute Gasteiger partial charge is 0.262 e. The van der Waals surface area contributed by atoms with Gasteiger partial charge in [-0.25, -0.2) is 4.98 Å². The van der Waals surface area contributed by atoms with E-state index in [9.17, 15) is 14.4 Å². The molecule has 8 heteroatoms. The maximum Gasteiger partial charge on any atom is 0.262 e. The Hall–Kier alpha value is -2.22. The van der Waals surface area contributed by atoms with Gasteiger partial charge in [0.15, 0.2) is 0 Å². The average Bonchev–Trinajstić information content (AvgIpc) is 2.89. The van der Waals surface area contributed by atoms with Crippen LogP contribution in [0, 0.1) is 6.92 Å². The second-order valence-corrected chi connectivity index (χ2v) is 7.18. The summed E-state index contributed by atoms with van der Waals surface area (Å²) in [6.45, 7) is 1.61. The molecule has 7 nitrogen and oxygen atoms in total. The van der Waals surface area contributed by atoms with Crippen molar-refractivity contribution in [2.75, 3.05) is 0 Å². The molecule has 0 radical (unpaired) electrons. The van der Waals surface area contributed by atoms with Crippen molar-refractivity contribution in [2.45, 2.75) is 51.6 Å². The van der Waals surface area contributed by atoms with Gasteiger partial charge in [0, 0.05) is 6.04 Å². The highest BCUT2D eigenvalue weighted by Crippen LogP contribution is 2.26. The fraction of sp³-hybridized carbons (Fsp3) is 0.500. The first-order valence-electron chi connectivity index (χ1n) is 8.05. The molecule has 24 heavy (non-hydrogen) atoms. The van der Waals surface area contributed by atoms with Gasteiger partial charge in [-0.1, -0.05) is 19.3 Å². The maximum atomic E-state index is 12.6. The number of aryl methyl sites for hydroxylation is 1. The van der Waals surface area contributed by atoms with Crippen molar-refractivity contribution in [2.24, 2.45) is 5.73 Å². The zero-order valence-electron chi connectivity index (χ0n) is 13.5. The molecule has 0 saturated heterocycles. The van der Waals surface area contributed by atoms with Crippen LogP contribution in [0.25, 0.3) is 10.2 Å². The Morgan fingerprint density at radius 2 is 2.08 bits per heavy atom. The number of primary amides is 1. The number of hydrogen-bond acceptors (Lipinski definition) is 5. The van der Waals surface area contributed by atoms with Crippen LogP contribution in [0.2, 0.25) is 0 Å². The summed E-state index contributed by atoms with van der Waals surface area (Å²) >= 11 is 1.10. The molecule has 1 aliphatic rings. The minimum absolute atomic E-state index is 0.0700. The third-order valence-electron chi connectivity index (χ3n) is 4.43. The molecule has 0 spiro atoms. The Labute approximate surface area is 142 Å². The molecule has 2 heterocycles. The molecule has 3 N–H and O–H groups in total. The molecular formula is C16H20N4O3S. The van der Waals surface area contributed by atoms with E-state index >= 15 is 0 Å². The predicted molar refractivity (Wildman–Crippen MR) is 92.2 cm³/mol. The summed E-state index contributed by atoms with van der Waals surface area (Å²) in [5.41, 5.74) is 5.53. The third-order valence-corrected chi connectivity index (χ3v) is 5.64. The number of nitrogens with one attached hydrogen (secondary N) is 1. The normalized spacial score (nSPS) is 15.5. The summed E-state index contributed by atoms with van der Waals surface area (Å²) in [7, 11) is 0. The van der Waals surface area contributed by atoms with E-state index in [0.29, 0.717) is 20.7 Å². The van der Waals surface area contributed by atoms with E-state index < -0.39 is 5.91 Å². The van der Waals surface area contributed by atoms with Gasteiger partial charge in [0.25, 0.3) is 11.5 Å². The second-order valence-electron chi connectivity index (χ2n) is 6.18. The quantitative estimate of drug-likeness (QED) is 0.868. The van der Waals surface area contributed by atoms with Crippen LogP contribution in [0.4, 0.5) is 0 Å². The van der Waals surface area contributed by atoms with Crippen molar-refractivity contribution in [1.29, 1.82) is 0 Å². The van der Waals surface area contributed by atoms with Crippen LogP contribution in [0.1, 0.15) is 47.3 Å². The van der Waals surface area contributed by atoms with Crippen LogP contribution in [-0.4, -0.2) is 27.4 Å². The average molecular weight is 348 g/mol. The summed E-state index contributed by atoms with van der Waals surface area (Å²) in [4.78, 5) is 41.2. The van der Waals surface area contributed by atoms with E-state index in [1.165, 1.54) is 17.3 Å². The summed E-state index contributed by atoms with van der Waals surface area (Å²) in [5, 5.41) is 3.35. The lowest BCUT2D eigenvalue weighted by Gasteiger charge is -2.22. The van der Waals surface area contributed by atoms with Crippen molar-refractivity contribution in [3.05, 3.63) is 27.1 Å². The highest BCUT2D eigenvalue weighted by molar-refractivity contribution is 7.20. The molecule has 0 aromatic carbocycles. The Balaban J connectivity index is 1.83. The van der Waals surface area contributed by atoms with Crippen molar-refractivity contribution >= 4 is 33.4 Å². The van der Waals surface area contributed by atoms with Gasteiger partial charge in [0.2, 0.25) is 5.91 Å². The maximum absolute atomic E-state index is 12.6. The molecule has 3 rings (SSSR count). The Morgan fingerprint density at radius 1 is 1.38 bits per heavy atom. The van der Waals surface area contributed by atoms with Crippen LogP contribution in [-0.2, 0) is 11.3 Å². The number of nitrogens with two attached hydrogens (primary N) is 1. The number of aromatic nitrogens is 2. The second kappa shape index (κ2) is 6.72. The predicted octanol–water partition coefficient (Wildman–Crippen LogP) is 1.31. The summed E-state index contributed by atoms with van der Waals surface area (Å²) in [5.74, 6) is -0.760.